The van der Waals surface area contributed by atoms with Gasteiger partial charge in [-0.25, -0.2) is 9.48 Å². The zero-order chi connectivity index (χ0) is 16.1. The SMILES string of the molecule is COC(=O)/C=C/c1cc(-c2ccccc2)nn1-c1ccccc1. The second kappa shape index (κ2) is 6.75. The average Bonchev–Trinajstić information content (AvgIpc) is 3.05. The number of ether oxygens (including phenoxy) is 1. The van der Waals surface area contributed by atoms with Crippen LogP contribution in [0.2, 0.25) is 0 Å². The molecule has 0 atom stereocenters. The van der Waals surface area contributed by atoms with Crippen LogP contribution in [0.3, 0.4) is 0 Å². The summed E-state index contributed by atoms with van der Waals surface area (Å²) in [6.45, 7) is 0. The van der Waals surface area contributed by atoms with Gasteiger partial charge in [0.15, 0.2) is 0 Å². The number of hydrogen-bond acceptors (Lipinski definition) is 3. The topological polar surface area (TPSA) is 44.1 Å². The van der Waals surface area contributed by atoms with Gasteiger partial charge >= 0.3 is 5.97 Å². The minimum atomic E-state index is -0.396. The minimum Gasteiger partial charge on any atom is -0.466 e. The van der Waals surface area contributed by atoms with Crippen LogP contribution in [-0.4, -0.2) is 22.9 Å². The van der Waals surface area contributed by atoms with Crippen LogP contribution >= 0.6 is 0 Å². The van der Waals surface area contributed by atoms with Crippen molar-refractivity contribution in [3.8, 4) is 16.9 Å². The van der Waals surface area contributed by atoms with Crippen LogP contribution in [0.4, 0.5) is 0 Å². The van der Waals surface area contributed by atoms with E-state index in [1.807, 2.05) is 71.4 Å². The number of methoxy groups -OCH3 is 1. The maximum absolute atomic E-state index is 11.4. The van der Waals surface area contributed by atoms with Gasteiger partial charge in [0.25, 0.3) is 0 Å². The summed E-state index contributed by atoms with van der Waals surface area (Å²) in [4.78, 5) is 11.4. The van der Waals surface area contributed by atoms with Crippen molar-refractivity contribution < 1.29 is 9.53 Å². The molecule has 0 saturated carbocycles. The molecule has 4 heteroatoms. The highest BCUT2D eigenvalue weighted by Crippen LogP contribution is 2.22. The summed E-state index contributed by atoms with van der Waals surface area (Å²) in [5.74, 6) is -0.396. The lowest BCUT2D eigenvalue weighted by Gasteiger charge is -2.03. The van der Waals surface area contributed by atoms with Crippen molar-refractivity contribution in [1.82, 2.24) is 9.78 Å². The Bertz CT molecular complexity index is 821. The van der Waals surface area contributed by atoms with Crippen LogP contribution in [0.25, 0.3) is 23.0 Å². The third kappa shape index (κ3) is 3.37. The van der Waals surface area contributed by atoms with Crippen molar-refractivity contribution in [3.05, 3.63) is 78.5 Å². The highest BCUT2D eigenvalue weighted by molar-refractivity contribution is 5.87. The Morgan fingerprint density at radius 1 is 1.04 bits per heavy atom. The number of aromatic nitrogens is 2. The van der Waals surface area contributed by atoms with Gasteiger partial charge in [-0.05, 0) is 24.3 Å². The van der Waals surface area contributed by atoms with E-state index in [0.717, 1.165) is 22.6 Å². The Kier molecular flexibility index (Phi) is 4.34. The molecule has 1 aromatic heterocycles. The smallest absolute Gasteiger partial charge is 0.330 e. The maximum Gasteiger partial charge on any atom is 0.330 e. The van der Waals surface area contributed by atoms with Crippen molar-refractivity contribution in [3.63, 3.8) is 0 Å². The Morgan fingerprint density at radius 2 is 1.70 bits per heavy atom. The molecule has 0 aliphatic heterocycles. The first-order valence-electron chi connectivity index (χ1n) is 7.25. The molecule has 0 spiro atoms. The average molecular weight is 304 g/mol. The van der Waals surface area contributed by atoms with Crippen molar-refractivity contribution in [1.29, 1.82) is 0 Å². The number of rotatable bonds is 4. The zero-order valence-electron chi connectivity index (χ0n) is 12.7. The molecule has 0 N–H and O–H groups in total. The third-order valence-electron chi connectivity index (χ3n) is 3.40. The molecular weight excluding hydrogens is 288 g/mol. The van der Waals surface area contributed by atoms with Crippen LogP contribution in [0.1, 0.15) is 5.69 Å². The van der Waals surface area contributed by atoms with E-state index in [-0.39, 0.29) is 0 Å². The van der Waals surface area contributed by atoms with Gasteiger partial charge in [-0.2, -0.15) is 5.10 Å². The highest BCUT2D eigenvalue weighted by atomic mass is 16.5. The van der Waals surface area contributed by atoms with Crippen LogP contribution in [0.5, 0.6) is 0 Å². The zero-order valence-corrected chi connectivity index (χ0v) is 12.7. The maximum atomic E-state index is 11.4. The number of esters is 1. The second-order valence-electron chi connectivity index (χ2n) is 4.92. The summed E-state index contributed by atoms with van der Waals surface area (Å²) in [7, 11) is 1.36. The Balaban J connectivity index is 2.07. The fraction of sp³-hybridized carbons (Fsp3) is 0.0526. The molecule has 0 amide bonds. The summed E-state index contributed by atoms with van der Waals surface area (Å²) >= 11 is 0. The molecule has 114 valence electrons. The van der Waals surface area contributed by atoms with E-state index in [1.165, 1.54) is 13.2 Å². The fourth-order valence-electron chi connectivity index (χ4n) is 2.26. The quantitative estimate of drug-likeness (QED) is 0.545. The highest BCUT2D eigenvalue weighted by Gasteiger charge is 2.09. The molecule has 0 bridgehead atoms. The largest absolute Gasteiger partial charge is 0.466 e. The van der Waals surface area contributed by atoms with Crippen molar-refractivity contribution in [2.45, 2.75) is 0 Å². The van der Waals surface area contributed by atoms with E-state index < -0.39 is 5.97 Å². The van der Waals surface area contributed by atoms with E-state index in [4.69, 9.17) is 0 Å². The standard InChI is InChI=1S/C19H16N2O2/c1-23-19(22)13-12-17-14-18(15-8-4-2-5-9-15)20-21(17)16-10-6-3-7-11-16/h2-14H,1H3/b13-12+. The third-order valence-corrected chi connectivity index (χ3v) is 3.40. The first-order chi connectivity index (χ1) is 11.3. The summed E-state index contributed by atoms with van der Waals surface area (Å²) in [6.07, 6.45) is 3.10. The molecule has 0 unspecified atom stereocenters. The van der Waals surface area contributed by atoms with Crippen molar-refractivity contribution in [2.24, 2.45) is 0 Å². The number of carbonyl (C=O) groups excluding carboxylic acids is 1. The Labute approximate surface area is 134 Å². The fourth-order valence-corrected chi connectivity index (χ4v) is 2.26. The first kappa shape index (κ1) is 14.8. The van der Waals surface area contributed by atoms with Crippen LogP contribution in [-0.2, 0) is 9.53 Å². The first-order valence-corrected chi connectivity index (χ1v) is 7.25. The molecule has 0 saturated heterocycles. The van der Waals surface area contributed by atoms with Crippen molar-refractivity contribution >= 4 is 12.0 Å². The lowest BCUT2D eigenvalue weighted by molar-refractivity contribution is -0.134. The van der Waals surface area contributed by atoms with Gasteiger partial charge in [0.2, 0.25) is 0 Å². The number of nitrogens with zero attached hydrogens (tertiary/aromatic N) is 2. The molecule has 23 heavy (non-hydrogen) atoms. The van der Waals surface area contributed by atoms with Crippen LogP contribution in [0.15, 0.2) is 72.8 Å². The summed E-state index contributed by atoms with van der Waals surface area (Å²) in [5, 5.41) is 4.67. The van der Waals surface area contributed by atoms with Crippen LogP contribution < -0.4 is 0 Å². The predicted octanol–water partition coefficient (Wildman–Crippen LogP) is 3.73. The summed E-state index contributed by atoms with van der Waals surface area (Å²) < 4.78 is 6.46. The molecule has 0 aliphatic carbocycles. The monoisotopic (exact) mass is 304 g/mol. The molecule has 2 aromatic carbocycles. The molecule has 4 nitrogen and oxygen atoms in total. The van der Waals surface area contributed by atoms with E-state index in [9.17, 15) is 4.79 Å². The predicted molar refractivity (Wildman–Crippen MR) is 90.1 cm³/mol. The summed E-state index contributed by atoms with van der Waals surface area (Å²) in [6, 6.07) is 21.7. The van der Waals surface area contributed by atoms with Crippen LogP contribution in [0, 0.1) is 0 Å². The van der Waals surface area contributed by atoms with Gasteiger partial charge in [0, 0.05) is 11.6 Å². The van der Waals surface area contributed by atoms with Crippen molar-refractivity contribution in [2.75, 3.05) is 7.11 Å². The lowest BCUT2D eigenvalue weighted by atomic mass is 10.1. The second-order valence-corrected chi connectivity index (χ2v) is 4.92. The molecule has 0 aliphatic rings. The molecule has 3 rings (SSSR count). The number of carbonyl (C=O) groups is 1. The van der Waals surface area contributed by atoms with Gasteiger partial charge in [0.1, 0.15) is 0 Å². The van der Waals surface area contributed by atoms with Gasteiger partial charge in [-0.3, -0.25) is 0 Å². The summed E-state index contributed by atoms with van der Waals surface area (Å²) in [5.41, 5.74) is 3.61. The molecule has 1 heterocycles. The normalized spacial score (nSPS) is 10.8. The Morgan fingerprint density at radius 3 is 2.35 bits per heavy atom. The number of para-hydroxylation sites is 1. The molecule has 0 radical (unpaired) electrons. The van der Waals surface area contributed by atoms with E-state index >= 15 is 0 Å². The van der Waals surface area contributed by atoms with Gasteiger partial charge in [0.05, 0.1) is 24.2 Å². The Hall–Kier alpha value is -3.14. The number of hydrogen-bond donors (Lipinski definition) is 0. The van der Waals surface area contributed by atoms with Gasteiger partial charge in [-0.1, -0.05) is 48.5 Å². The lowest BCUT2D eigenvalue weighted by Crippen LogP contribution is -1.99. The van der Waals surface area contributed by atoms with E-state index in [2.05, 4.69) is 9.84 Å². The molecule has 0 fully saturated rings. The number of benzene rings is 2. The van der Waals surface area contributed by atoms with E-state index in [1.54, 1.807) is 6.08 Å². The minimum absolute atomic E-state index is 0.396. The van der Waals surface area contributed by atoms with Gasteiger partial charge in [-0.15, -0.1) is 0 Å². The van der Waals surface area contributed by atoms with Gasteiger partial charge < -0.3 is 4.74 Å². The molecule has 3 aromatic rings. The van der Waals surface area contributed by atoms with E-state index in [0.29, 0.717) is 0 Å². The molecular formula is C19H16N2O2.